The van der Waals surface area contributed by atoms with Crippen molar-refractivity contribution in [3.63, 3.8) is 0 Å². The van der Waals surface area contributed by atoms with Crippen molar-refractivity contribution in [3.8, 4) is 11.5 Å². The summed E-state index contributed by atoms with van der Waals surface area (Å²) in [4.78, 5) is 23.6. The van der Waals surface area contributed by atoms with E-state index in [2.05, 4.69) is 0 Å². The monoisotopic (exact) mass is 374 g/mol. The highest BCUT2D eigenvalue weighted by Gasteiger charge is 2.17. The molecule has 0 saturated carbocycles. The average Bonchev–Trinajstić information content (AvgIpc) is 2.62. The zero-order valence-electron chi connectivity index (χ0n) is 15.6. The molecule has 1 aromatic rings. The molecule has 0 saturated heterocycles. The van der Waals surface area contributed by atoms with Crippen molar-refractivity contribution in [2.75, 3.05) is 6.61 Å². The molecule has 0 atom stereocenters. The van der Waals surface area contributed by atoms with E-state index in [9.17, 15) is 24.9 Å². The minimum atomic E-state index is -1.20. The summed E-state index contributed by atoms with van der Waals surface area (Å²) in [6, 6.07) is 3.54. The van der Waals surface area contributed by atoms with Gasteiger partial charge in [-0.3, -0.25) is 4.79 Å². The van der Waals surface area contributed by atoms with E-state index in [0.717, 1.165) is 30.1 Å². The molecule has 0 aliphatic rings. The van der Waals surface area contributed by atoms with E-state index >= 15 is 0 Å². The van der Waals surface area contributed by atoms with E-state index in [-0.39, 0.29) is 35.7 Å². The number of aromatic hydroxyl groups is 2. The molecule has 6 heteroatoms. The number of allylic oxidation sites excluding steroid dienone is 4. The van der Waals surface area contributed by atoms with Gasteiger partial charge in [-0.25, -0.2) is 4.79 Å². The number of phenolic OH excluding ortho intramolecular Hbond substituents is 2. The zero-order chi connectivity index (χ0) is 20.4. The van der Waals surface area contributed by atoms with Crippen LogP contribution in [0.5, 0.6) is 11.5 Å². The molecular weight excluding hydrogens is 348 g/mol. The van der Waals surface area contributed by atoms with Crippen molar-refractivity contribution in [2.24, 2.45) is 0 Å². The van der Waals surface area contributed by atoms with Gasteiger partial charge in [0.1, 0.15) is 11.5 Å². The van der Waals surface area contributed by atoms with Crippen LogP contribution in [-0.2, 0) is 4.79 Å². The van der Waals surface area contributed by atoms with Crippen LogP contribution in [0.15, 0.2) is 53.1 Å². The Kier molecular flexibility index (Phi) is 9.02. The minimum absolute atomic E-state index is 0.0379. The van der Waals surface area contributed by atoms with Gasteiger partial charge in [0.05, 0.1) is 12.2 Å². The Morgan fingerprint density at radius 1 is 1.04 bits per heavy atom. The number of carboxylic acid groups (broad SMARTS) is 1. The van der Waals surface area contributed by atoms with Crippen LogP contribution >= 0.6 is 0 Å². The lowest BCUT2D eigenvalue weighted by Gasteiger charge is -2.05. The Balaban J connectivity index is 2.75. The largest absolute Gasteiger partial charge is 0.508 e. The van der Waals surface area contributed by atoms with Crippen LogP contribution in [0.2, 0.25) is 0 Å². The first kappa shape index (κ1) is 22.2. The molecular formula is C21H26O6. The van der Waals surface area contributed by atoms with Crippen LogP contribution in [-0.4, -0.2) is 38.8 Å². The Labute approximate surface area is 158 Å². The van der Waals surface area contributed by atoms with Crippen molar-refractivity contribution in [3.05, 3.63) is 58.7 Å². The highest BCUT2D eigenvalue weighted by Crippen LogP contribution is 2.24. The zero-order valence-corrected chi connectivity index (χ0v) is 15.6. The number of rotatable bonds is 10. The molecule has 0 fully saturated rings. The van der Waals surface area contributed by atoms with Crippen molar-refractivity contribution < 1.29 is 30.0 Å². The number of aliphatic carboxylic acids is 1. The molecule has 0 aromatic heterocycles. The first-order valence-corrected chi connectivity index (χ1v) is 8.64. The van der Waals surface area contributed by atoms with Crippen molar-refractivity contribution >= 4 is 11.8 Å². The lowest BCUT2D eigenvalue weighted by molar-refractivity contribution is -0.132. The number of hydrogen-bond donors (Lipinski definition) is 4. The summed E-state index contributed by atoms with van der Waals surface area (Å²) in [6.45, 7) is 3.82. The van der Waals surface area contributed by atoms with E-state index in [0.29, 0.717) is 6.42 Å². The normalized spacial score (nSPS) is 12.9. The fraction of sp³-hybridized carbons (Fsp3) is 0.333. The number of ketones is 1. The molecule has 6 nitrogen and oxygen atoms in total. The maximum absolute atomic E-state index is 12.2. The van der Waals surface area contributed by atoms with Gasteiger partial charge in [-0.1, -0.05) is 29.4 Å². The number of carbonyl (C=O) groups is 2. The predicted molar refractivity (Wildman–Crippen MR) is 103 cm³/mol. The number of aliphatic hydroxyl groups is 1. The van der Waals surface area contributed by atoms with E-state index in [1.807, 2.05) is 26.0 Å². The third-order valence-corrected chi connectivity index (χ3v) is 4.02. The second kappa shape index (κ2) is 11.0. The molecule has 0 radical (unpaired) electrons. The topological polar surface area (TPSA) is 115 Å². The summed E-state index contributed by atoms with van der Waals surface area (Å²) in [7, 11) is 0. The SMILES string of the molecule is CC(=CCCC(C)=CCC=C(CC(=O)c1cc(O)ccc1O)C(=O)O)CO. The summed E-state index contributed by atoms with van der Waals surface area (Å²) in [5.41, 5.74) is 1.81. The standard InChI is InChI=1S/C21H26O6/c1-14(5-3-7-15(2)13-22)6-4-8-16(21(26)27)11-20(25)18-12-17(23)9-10-19(18)24/h6-10,12,22-24H,3-5,11,13H2,1-2H3,(H,26,27). The summed E-state index contributed by atoms with van der Waals surface area (Å²) in [5.74, 6) is -2.26. The summed E-state index contributed by atoms with van der Waals surface area (Å²) < 4.78 is 0. The van der Waals surface area contributed by atoms with Crippen LogP contribution in [0.4, 0.5) is 0 Å². The van der Waals surface area contributed by atoms with Crippen molar-refractivity contribution in [1.82, 2.24) is 0 Å². The molecule has 1 aromatic carbocycles. The molecule has 146 valence electrons. The second-order valence-electron chi connectivity index (χ2n) is 6.37. The van der Waals surface area contributed by atoms with Crippen LogP contribution in [0.1, 0.15) is 49.9 Å². The number of Topliss-reactive ketones (excluding diaryl/α,β-unsaturated/α-hetero) is 1. The lowest BCUT2D eigenvalue weighted by atomic mass is 10.0. The molecule has 0 unspecified atom stereocenters. The molecule has 0 aliphatic heterocycles. The highest BCUT2D eigenvalue weighted by molar-refractivity contribution is 6.04. The fourth-order valence-electron chi connectivity index (χ4n) is 2.37. The third-order valence-electron chi connectivity index (χ3n) is 4.02. The van der Waals surface area contributed by atoms with Crippen LogP contribution in [0.3, 0.4) is 0 Å². The smallest absolute Gasteiger partial charge is 0.331 e. The van der Waals surface area contributed by atoms with Gasteiger partial charge in [0.2, 0.25) is 0 Å². The molecule has 0 aliphatic carbocycles. The average molecular weight is 374 g/mol. The molecule has 0 heterocycles. The van der Waals surface area contributed by atoms with E-state index < -0.39 is 11.8 Å². The summed E-state index contributed by atoms with van der Waals surface area (Å²) in [6.07, 6.45) is 6.90. The van der Waals surface area contributed by atoms with Gasteiger partial charge in [0.25, 0.3) is 0 Å². The van der Waals surface area contributed by atoms with Gasteiger partial charge in [-0.15, -0.1) is 0 Å². The van der Waals surface area contributed by atoms with Gasteiger partial charge >= 0.3 is 5.97 Å². The van der Waals surface area contributed by atoms with Crippen molar-refractivity contribution in [1.29, 1.82) is 0 Å². The Bertz CT molecular complexity index is 771. The molecule has 0 amide bonds. The molecule has 4 N–H and O–H groups in total. The quantitative estimate of drug-likeness (QED) is 0.215. The van der Waals surface area contributed by atoms with Crippen molar-refractivity contribution in [2.45, 2.75) is 39.5 Å². The molecule has 1 rings (SSSR count). The Hall–Kier alpha value is -2.86. The van der Waals surface area contributed by atoms with E-state index in [4.69, 9.17) is 5.11 Å². The number of benzene rings is 1. The maximum atomic E-state index is 12.2. The fourth-order valence-corrected chi connectivity index (χ4v) is 2.37. The summed E-state index contributed by atoms with van der Waals surface area (Å²) in [5, 5.41) is 37.4. The van der Waals surface area contributed by atoms with Gasteiger partial charge in [-0.2, -0.15) is 0 Å². The van der Waals surface area contributed by atoms with Gasteiger partial charge in [0, 0.05) is 12.0 Å². The van der Waals surface area contributed by atoms with E-state index in [1.165, 1.54) is 18.2 Å². The lowest BCUT2D eigenvalue weighted by Crippen LogP contribution is -2.08. The van der Waals surface area contributed by atoms with Gasteiger partial charge in [0.15, 0.2) is 5.78 Å². The number of carboxylic acids is 1. The summed E-state index contributed by atoms with van der Waals surface area (Å²) >= 11 is 0. The molecule has 0 bridgehead atoms. The first-order chi connectivity index (χ1) is 12.7. The first-order valence-electron chi connectivity index (χ1n) is 8.64. The second-order valence-corrected chi connectivity index (χ2v) is 6.37. The number of carbonyl (C=O) groups excluding carboxylic acids is 1. The number of hydrogen-bond acceptors (Lipinski definition) is 5. The van der Waals surface area contributed by atoms with Crippen LogP contribution in [0, 0.1) is 0 Å². The molecule has 27 heavy (non-hydrogen) atoms. The highest BCUT2D eigenvalue weighted by atomic mass is 16.4. The van der Waals surface area contributed by atoms with Gasteiger partial charge < -0.3 is 20.4 Å². The van der Waals surface area contributed by atoms with Crippen LogP contribution < -0.4 is 0 Å². The van der Waals surface area contributed by atoms with Crippen LogP contribution in [0.25, 0.3) is 0 Å². The van der Waals surface area contributed by atoms with Gasteiger partial charge in [-0.05, 0) is 51.3 Å². The van der Waals surface area contributed by atoms with E-state index in [1.54, 1.807) is 0 Å². The number of phenols is 2. The minimum Gasteiger partial charge on any atom is -0.508 e. The maximum Gasteiger partial charge on any atom is 0.331 e. The Morgan fingerprint density at radius 2 is 1.74 bits per heavy atom. The predicted octanol–water partition coefficient (Wildman–Crippen LogP) is 3.74. The third kappa shape index (κ3) is 7.92. The molecule has 0 spiro atoms. The Morgan fingerprint density at radius 3 is 2.37 bits per heavy atom. The number of aliphatic hydroxyl groups excluding tert-OH is 1.